The predicted octanol–water partition coefficient (Wildman–Crippen LogP) is 8.04. The van der Waals surface area contributed by atoms with E-state index in [1.54, 1.807) is 0 Å². The van der Waals surface area contributed by atoms with E-state index in [1.807, 2.05) is 0 Å². The van der Waals surface area contributed by atoms with Crippen LogP contribution in [-0.4, -0.2) is 4.57 Å². The number of nitrogens with zero attached hydrogens (tertiary/aromatic N) is 2. The molecule has 0 bridgehead atoms. The summed E-state index contributed by atoms with van der Waals surface area (Å²) >= 11 is 0. The number of nitrogens with one attached hydrogen (secondary N) is 1. The zero-order valence-electron chi connectivity index (χ0n) is 21.3. The number of aryl methyl sites for hydroxylation is 1. The molecule has 0 saturated heterocycles. The van der Waals surface area contributed by atoms with Crippen molar-refractivity contribution in [3.05, 3.63) is 139 Å². The van der Waals surface area contributed by atoms with Crippen molar-refractivity contribution in [2.75, 3.05) is 5.32 Å². The first kappa shape index (κ1) is 22.3. The number of hydrogen-bond donors (Lipinski definition) is 1. The molecular formula is C35H28N3+. The number of anilines is 1. The molecule has 0 amide bonds. The lowest BCUT2D eigenvalue weighted by atomic mass is 9.90. The van der Waals surface area contributed by atoms with E-state index in [4.69, 9.17) is 0 Å². The van der Waals surface area contributed by atoms with E-state index in [2.05, 4.69) is 155 Å². The summed E-state index contributed by atoms with van der Waals surface area (Å²) in [5.74, 6) is 0. The second-order valence-electron chi connectivity index (χ2n) is 9.81. The van der Waals surface area contributed by atoms with Crippen molar-refractivity contribution in [2.45, 2.75) is 6.54 Å². The van der Waals surface area contributed by atoms with Gasteiger partial charge in [-0.3, -0.25) is 0 Å². The van der Waals surface area contributed by atoms with Gasteiger partial charge in [-0.25, -0.2) is 4.57 Å². The van der Waals surface area contributed by atoms with E-state index < -0.39 is 0 Å². The average molecular weight is 491 g/mol. The lowest BCUT2D eigenvalue weighted by molar-refractivity contribution is -0.645. The summed E-state index contributed by atoms with van der Waals surface area (Å²) in [4.78, 5) is 0. The molecule has 0 spiro atoms. The Morgan fingerprint density at radius 1 is 0.605 bits per heavy atom. The van der Waals surface area contributed by atoms with Crippen molar-refractivity contribution in [3.63, 3.8) is 0 Å². The molecule has 1 aromatic heterocycles. The maximum Gasteiger partial charge on any atom is 0.249 e. The summed E-state index contributed by atoms with van der Waals surface area (Å²) in [5, 5.41) is 8.73. The Kier molecular flexibility index (Phi) is 5.41. The third kappa shape index (κ3) is 3.72. The van der Waals surface area contributed by atoms with Crippen LogP contribution in [0.1, 0.15) is 5.56 Å². The lowest BCUT2D eigenvalue weighted by Crippen LogP contribution is -2.25. The zero-order valence-corrected chi connectivity index (χ0v) is 21.3. The van der Waals surface area contributed by atoms with E-state index in [-0.39, 0.29) is 0 Å². The van der Waals surface area contributed by atoms with Crippen LogP contribution in [0.25, 0.3) is 49.4 Å². The van der Waals surface area contributed by atoms with Crippen molar-refractivity contribution in [2.24, 2.45) is 7.05 Å². The Bertz CT molecular complexity index is 1930. The number of hydrogen-bond acceptors (Lipinski definition) is 1. The fourth-order valence-corrected chi connectivity index (χ4v) is 5.66. The molecule has 0 fully saturated rings. The van der Waals surface area contributed by atoms with E-state index in [9.17, 15) is 0 Å². The summed E-state index contributed by atoms with van der Waals surface area (Å²) in [6, 6.07) is 45.6. The molecule has 0 aliphatic rings. The van der Waals surface area contributed by atoms with Gasteiger partial charge in [-0.05, 0) is 51.4 Å². The topological polar surface area (TPSA) is 20.8 Å². The molecule has 0 saturated carbocycles. The molecule has 0 unspecified atom stereocenters. The van der Waals surface area contributed by atoms with Crippen LogP contribution in [0.5, 0.6) is 0 Å². The Labute approximate surface area is 222 Å². The molecule has 0 radical (unpaired) electrons. The zero-order chi connectivity index (χ0) is 25.5. The van der Waals surface area contributed by atoms with Crippen LogP contribution in [0, 0.1) is 0 Å². The number of benzene rings is 6. The number of fused-ring (bicyclic) bond motifs is 3. The molecular weight excluding hydrogens is 462 g/mol. The van der Waals surface area contributed by atoms with Gasteiger partial charge >= 0.3 is 0 Å². The Morgan fingerprint density at radius 2 is 1.24 bits per heavy atom. The first-order chi connectivity index (χ1) is 18.8. The maximum atomic E-state index is 3.79. The summed E-state index contributed by atoms with van der Waals surface area (Å²) in [7, 11) is 2.12. The van der Waals surface area contributed by atoms with Crippen LogP contribution in [-0.2, 0) is 13.6 Å². The molecule has 7 rings (SSSR count). The molecule has 7 aromatic rings. The van der Waals surface area contributed by atoms with Crippen LogP contribution in [0.4, 0.5) is 5.69 Å². The second kappa shape index (κ2) is 9.20. The minimum absolute atomic E-state index is 0.758. The van der Waals surface area contributed by atoms with Crippen molar-refractivity contribution in [3.8, 4) is 16.8 Å². The van der Waals surface area contributed by atoms with Crippen LogP contribution in [0.15, 0.2) is 134 Å². The van der Waals surface area contributed by atoms with E-state index in [0.29, 0.717) is 0 Å². The van der Waals surface area contributed by atoms with Gasteiger partial charge in [0.15, 0.2) is 11.0 Å². The summed E-state index contributed by atoms with van der Waals surface area (Å²) in [6.45, 7) is 0.758. The Morgan fingerprint density at radius 3 is 2.03 bits per heavy atom. The maximum absolute atomic E-state index is 3.79. The quantitative estimate of drug-likeness (QED) is 0.242. The van der Waals surface area contributed by atoms with Gasteiger partial charge in [-0.2, -0.15) is 4.57 Å². The molecule has 182 valence electrons. The van der Waals surface area contributed by atoms with Crippen molar-refractivity contribution < 1.29 is 4.57 Å². The lowest BCUT2D eigenvalue weighted by Gasteiger charge is -2.19. The number of imidazole rings is 1. The fourth-order valence-electron chi connectivity index (χ4n) is 5.66. The normalized spacial score (nSPS) is 11.4. The van der Waals surface area contributed by atoms with Gasteiger partial charge < -0.3 is 5.32 Å². The smallest absolute Gasteiger partial charge is 0.249 e. The standard InChI is InChI=1S/C35H28N3/c1-37-24-38(32-18-10-9-17-31(32)37)33-22-20-27-14-6-8-16-29(27)35(33)34-28-15-7-5-13-26(28)19-21-30(34)36-23-25-11-3-2-4-12-25/h2-22,24,36H,23H2,1H3/q+1. The number of aromatic nitrogens is 2. The predicted molar refractivity (Wildman–Crippen MR) is 159 cm³/mol. The molecule has 1 heterocycles. The highest BCUT2D eigenvalue weighted by Gasteiger charge is 2.23. The van der Waals surface area contributed by atoms with Crippen LogP contribution < -0.4 is 9.88 Å². The molecule has 0 aliphatic heterocycles. The SMILES string of the molecule is C[n+]1cn(-c2ccc3ccccc3c2-c2c(NCc3ccccc3)ccc3ccccc23)c2ccccc21. The van der Waals surface area contributed by atoms with E-state index >= 15 is 0 Å². The third-order valence-corrected chi connectivity index (χ3v) is 7.48. The van der Waals surface area contributed by atoms with Crippen molar-refractivity contribution in [1.82, 2.24) is 4.57 Å². The first-order valence-electron chi connectivity index (χ1n) is 13.1. The van der Waals surface area contributed by atoms with Gasteiger partial charge in [0.1, 0.15) is 5.69 Å². The van der Waals surface area contributed by atoms with Gasteiger partial charge in [-0.15, -0.1) is 0 Å². The van der Waals surface area contributed by atoms with Gasteiger partial charge in [0.05, 0.1) is 7.05 Å². The minimum Gasteiger partial charge on any atom is -0.380 e. The molecule has 3 heteroatoms. The first-order valence-corrected chi connectivity index (χ1v) is 13.1. The number of para-hydroxylation sites is 2. The molecule has 6 aromatic carbocycles. The molecule has 1 N–H and O–H groups in total. The number of rotatable bonds is 5. The van der Waals surface area contributed by atoms with Gasteiger partial charge in [0.2, 0.25) is 6.33 Å². The van der Waals surface area contributed by atoms with Crippen LogP contribution >= 0.6 is 0 Å². The van der Waals surface area contributed by atoms with Crippen LogP contribution in [0.3, 0.4) is 0 Å². The highest BCUT2D eigenvalue weighted by Crippen LogP contribution is 2.43. The molecule has 38 heavy (non-hydrogen) atoms. The summed E-state index contributed by atoms with van der Waals surface area (Å²) < 4.78 is 4.53. The third-order valence-electron chi connectivity index (χ3n) is 7.48. The summed E-state index contributed by atoms with van der Waals surface area (Å²) in [6.07, 6.45) is 2.19. The van der Waals surface area contributed by atoms with Crippen molar-refractivity contribution >= 4 is 38.3 Å². The highest BCUT2D eigenvalue weighted by atomic mass is 15.1. The summed E-state index contributed by atoms with van der Waals surface area (Å²) in [5.41, 5.74) is 8.40. The fraction of sp³-hybridized carbons (Fsp3) is 0.0571. The van der Waals surface area contributed by atoms with Crippen LogP contribution in [0.2, 0.25) is 0 Å². The van der Waals surface area contributed by atoms with E-state index in [0.717, 1.165) is 12.2 Å². The van der Waals surface area contributed by atoms with Gasteiger partial charge in [-0.1, -0.05) is 103 Å². The molecule has 0 aliphatic carbocycles. The van der Waals surface area contributed by atoms with Gasteiger partial charge in [0, 0.05) is 23.4 Å². The van der Waals surface area contributed by atoms with Gasteiger partial charge in [0.25, 0.3) is 0 Å². The average Bonchev–Trinajstić information content (AvgIpc) is 3.32. The Balaban J connectivity index is 1.55. The second-order valence-corrected chi connectivity index (χ2v) is 9.81. The molecule has 3 nitrogen and oxygen atoms in total. The van der Waals surface area contributed by atoms with E-state index in [1.165, 1.54) is 55.0 Å². The Hall–Kier alpha value is -4.89. The monoisotopic (exact) mass is 490 g/mol. The van der Waals surface area contributed by atoms with Crippen molar-refractivity contribution in [1.29, 1.82) is 0 Å². The highest BCUT2D eigenvalue weighted by molar-refractivity contribution is 6.12. The largest absolute Gasteiger partial charge is 0.380 e. The molecule has 0 atom stereocenters. The minimum atomic E-state index is 0.758.